The second kappa shape index (κ2) is 4.33. The number of ether oxygens (including phenoxy) is 1. The molecule has 0 bridgehead atoms. The molecule has 0 radical (unpaired) electrons. The van der Waals surface area contributed by atoms with Crippen molar-refractivity contribution in [3.63, 3.8) is 0 Å². The molecule has 2 N–H and O–H groups in total. The fraction of sp³-hybridized carbons (Fsp3) is 0.500. The SMILES string of the molecule is COc1ccc(C2(N)CCCC2)c([N+](=O)[O-])c1. The van der Waals surface area contributed by atoms with E-state index in [9.17, 15) is 10.1 Å². The molecule has 17 heavy (non-hydrogen) atoms. The largest absolute Gasteiger partial charge is 0.497 e. The molecule has 0 spiro atoms. The Morgan fingerprint density at radius 1 is 1.41 bits per heavy atom. The van der Waals surface area contributed by atoms with Crippen LogP contribution >= 0.6 is 0 Å². The van der Waals surface area contributed by atoms with Gasteiger partial charge in [-0.2, -0.15) is 0 Å². The maximum Gasteiger partial charge on any atom is 0.278 e. The van der Waals surface area contributed by atoms with Gasteiger partial charge in [0.05, 0.1) is 18.1 Å². The maximum atomic E-state index is 11.1. The molecule has 0 saturated heterocycles. The summed E-state index contributed by atoms with van der Waals surface area (Å²) in [6.45, 7) is 0. The molecular weight excluding hydrogens is 220 g/mol. The van der Waals surface area contributed by atoms with Crippen LogP contribution in [0.4, 0.5) is 5.69 Å². The van der Waals surface area contributed by atoms with Gasteiger partial charge < -0.3 is 10.5 Å². The highest BCUT2D eigenvalue weighted by molar-refractivity contribution is 5.49. The number of nitrogens with two attached hydrogens (primary N) is 1. The molecule has 0 atom stereocenters. The number of hydrogen-bond acceptors (Lipinski definition) is 4. The van der Waals surface area contributed by atoms with E-state index in [1.165, 1.54) is 13.2 Å². The van der Waals surface area contributed by atoms with Crippen LogP contribution in [0.2, 0.25) is 0 Å². The van der Waals surface area contributed by atoms with Gasteiger partial charge in [-0.1, -0.05) is 12.8 Å². The highest BCUT2D eigenvalue weighted by atomic mass is 16.6. The molecule has 1 aromatic carbocycles. The Bertz CT molecular complexity index is 439. The van der Waals surface area contributed by atoms with Gasteiger partial charge in [0.25, 0.3) is 5.69 Å². The third-order valence-electron chi connectivity index (χ3n) is 3.43. The van der Waals surface area contributed by atoms with Crippen molar-refractivity contribution >= 4 is 5.69 Å². The molecule has 0 aliphatic heterocycles. The molecule has 0 heterocycles. The van der Waals surface area contributed by atoms with E-state index in [-0.39, 0.29) is 10.6 Å². The van der Waals surface area contributed by atoms with E-state index in [2.05, 4.69) is 0 Å². The highest BCUT2D eigenvalue weighted by Gasteiger charge is 2.36. The van der Waals surface area contributed by atoms with Gasteiger partial charge in [0.2, 0.25) is 0 Å². The van der Waals surface area contributed by atoms with Gasteiger partial charge in [-0.15, -0.1) is 0 Å². The van der Waals surface area contributed by atoms with E-state index < -0.39 is 5.54 Å². The lowest BCUT2D eigenvalue weighted by Gasteiger charge is -2.23. The Morgan fingerprint density at radius 2 is 2.06 bits per heavy atom. The van der Waals surface area contributed by atoms with E-state index in [0.717, 1.165) is 25.7 Å². The molecule has 0 amide bonds. The first-order valence-corrected chi connectivity index (χ1v) is 5.68. The van der Waals surface area contributed by atoms with E-state index in [1.54, 1.807) is 12.1 Å². The normalized spacial score (nSPS) is 18.0. The topological polar surface area (TPSA) is 78.4 Å². The summed E-state index contributed by atoms with van der Waals surface area (Å²) in [6.07, 6.45) is 3.67. The first-order valence-electron chi connectivity index (χ1n) is 5.68. The first kappa shape index (κ1) is 11.9. The molecule has 1 aliphatic carbocycles. The Kier molecular flexibility index (Phi) is 3.02. The zero-order valence-corrected chi connectivity index (χ0v) is 9.81. The number of methoxy groups -OCH3 is 1. The number of nitrogens with zero attached hydrogens (tertiary/aromatic N) is 1. The summed E-state index contributed by atoms with van der Waals surface area (Å²) in [5, 5.41) is 11.1. The summed E-state index contributed by atoms with van der Waals surface area (Å²) in [5.41, 5.74) is 6.41. The average Bonchev–Trinajstić information content (AvgIpc) is 2.76. The molecule has 0 unspecified atom stereocenters. The van der Waals surface area contributed by atoms with E-state index in [0.29, 0.717) is 11.3 Å². The number of nitro benzene ring substituents is 1. The lowest BCUT2D eigenvalue weighted by Crippen LogP contribution is -2.33. The second-order valence-corrected chi connectivity index (χ2v) is 4.50. The molecule has 5 nitrogen and oxygen atoms in total. The van der Waals surface area contributed by atoms with Gasteiger partial charge in [0, 0.05) is 11.1 Å². The predicted molar refractivity (Wildman–Crippen MR) is 64.0 cm³/mol. The Labute approximate surface area is 99.7 Å². The smallest absolute Gasteiger partial charge is 0.278 e. The van der Waals surface area contributed by atoms with Gasteiger partial charge in [0.1, 0.15) is 5.75 Å². The molecule has 2 rings (SSSR count). The zero-order valence-electron chi connectivity index (χ0n) is 9.81. The minimum atomic E-state index is -0.547. The van der Waals surface area contributed by atoms with Crippen LogP contribution in [0, 0.1) is 10.1 Å². The van der Waals surface area contributed by atoms with E-state index >= 15 is 0 Å². The minimum Gasteiger partial charge on any atom is -0.497 e. The predicted octanol–water partition coefficient (Wildman–Crippen LogP) is 2.33. The highest BCUT2D eigenvalue weighted by Crippen LogP contribution is 2.41. The van der Waals surface area contributed by atoms with Crippen molar-refractivity contribution in [3.8, 4) is 5.75 Å². The van der Waals surface area contributed by atoms with Crippen LogP contribution in [0.1, 0.15) is 31.2 Å². The monoisotopic (exact) mass is 236 g/mol. The van der Waals surface area contributed by atoms with Crippen molar-refractivity contribution in [1.29, 1.82) is 0 Å². The van der Waals surface area contributed by atoms with Crippen molar-refractivity contribution in [2.45, 2.75) is 31.2 Å². The second-order valence-electron chi connectivity index (χ2n) is 4.50. The maximum absolute atomic E-state index is 11.1. The van der Waals surface area contributed by atoms with Crippen LogP contribution in [-0.4, -0.2) is 12.0 Å². The van der Waals surface area contributed by atoms with Gasteiger partial charge in [-0.3, -0.25) is 10.1 Å². The summed E-state index contributed by atoms with van der Waals surface area (Å²) < 4.78 is 5.01. The van der Waals surface area contributed by atoms with Crippen LogP contribution in [0.3, 0.4) is 0 Å². The van der Waals surface area contributed by atoms with Gasteiger partial charge in [0.15, 0.2) is 0 Å². The van der Waals surface area contributed by atoms with Crippen LogP contribution in [0.25, 0.3) is 0 Å². The third kappa shape index (κ3) is 2.10. The van der Waals surface area contributed by atoms with Crippen molar-refractivity contribution in [1.82, 2.24) is 0 Å². The lowest BCUT2D eigenvalue weighted by molar-refractivity contribution is -0.386. The summed E-state index contributed by atoms with van der Waals surface area (Å²) in [4.78, 5) is 10.7. The molecule has 1 fully saturated rings. The van der Waals surface area contributed by atoms with Crippen molar-refractivity contribution < 1.29 is 9.66 Å². The summed E-state index contributed by atoms with van der Waals surface area (Å²) in [6, 6.07) is 4.90. The van der Waals surface area contributed by atoms with Crippen LogP contribution in [0.5, 0.6) is 5.75 Å². The van der Waals surface area contributed by atoms with Gasteiger partial charge in [-0.05, 0) is 25.0 Å². The lowest BCUT2D eigenvalue weighted by atomic mass is 9.88. The molecule has 1 aliphatic rings. The Morgan fingerprint density at radius 3 is 2.59 bits per heavy atom. The number of nitro groups is 1. The number of rotatable bonds is 3. The Hall–Kier alpha value is -1.62. The summed E-state index contributed by atoms with van der Waals surface area (Å²) in [7, 11) is 1.49. The van der Waals surface area contributed by atoms with Gasteiger partial charge in [-0.25, -0.2) is 0 Å². The van der Waals surface area contributed by atoms with Crippen LogP contribution < -0.4 is 10.5 Å². The van der Waals surface area contributed by atoms with Gasteiger partial charge >= 0.3 is 0 Å². The van der Waals surface area contributed by atoms with Crippen molar-refractivity contribution in [2.24, 2.45) is 5.73 Å². The molecule has 1 saturated carbocycles. The third-order valence-corrected chi connectivity index (χ3v) is 3.43. The molecule has 1 aromatic rings. The standard InChI is InChI=1S/C12H16N2O3/c1-17-9-4-5-10(11(8-9)14(15)16)12(13)6-2-3-7-12/h4-5,8H,2-3,6-7,13H2,1H3. The molecule has 92 valence electrons. The zero-order chi connectivity index (χ0) is 12.5. The van der Waals surface area contributed by atoms with E-state index in [4.69, 9.17) is 10.5 Å². The fourth-order valence-corrected chi connectivity index (χ4v) is 2.49. The minimum absolute atomic E-state index is 0.0637. The molecular formula is C12H16N2O3. The van der Waals surface area contributed by atoms with Crippen molar-refractivity contribution in [2.75, 3.05) is 7.11 Å². The Balaban J connectivity index is 2.49. The summed E-state index contributed by atoms with van der Waals surface area (Å²) >= 11 is 0. The number of hydrogen-bond donors (Lipinski definition) is 1. The van der Waals surface area contributed by atoms with Crippen LogP contribution in [-0.2, 0) is 5.54 Å². The number of benzene rings is 1. The fourth-order valence-electron chi connectivity index (χ4n) is 2.49. The van der Waals surface area contributed by atoms with Crippen LogP contribution in [0.15, 0.2) is 18.2 Å². The molecule has 0 aromatic heterocycles. The average molecular weight is 236 g/mol. The summed E-state index contributed by atoms with van der Waals surface area (Å²) in [5.74, 6) is 0.488. The first-order chi connectivity index (χ1) is 8.07. The van der Waals surface area contributed by atoms with Crippen molar-refractivity contribution in [3.05, 3.63) is 33.9 Å². The van der Waals surface area contributed by atoms with E-state index in [1.807, 2.05) is 0 Å². The quantitative estimate of drug-likeness (QED) is 0.645. The molecule has 5 heteroatoms.